The lowest BCUT2D eigenvalue weighted by Gasteiger charge is -2.11. The Morgan fingerprint density at radius 1 is 1.07 bits per heavy atom. The molecule has 2 aromatic heterocycles. The maximum atomic E-state index is 12.7. The molecule has 3 rings (SSSR count). The van der Waals surface area contributed by atoms with Gasteiger partial charge in [0.15, 0.2) is 0 Å². The zero-order valence-electron chi connectivity index (χ0n) is 15.5. The number of nitrogens with one attached hydrogen (secondary N) is 2. The topological polar surface area (TPSA) is 106 Å². The zero-order chi connectivity index (χ0) is 19.9. The quantitative estimate of drug-likeness (QED) is 0.636. The first kappa shape index (κ1) is 19.0. The van der Waals surface area contributed by atoms with E-state index in [-0.39, 0.29) is 11.3 Å². The molecule has 1 aromatic carbocycles. The number of hydrogen-bond acceptors (Lipinski definition) is 7. The van der Waals surface area contributed by atoms with Gasteiger partial charge in [-0.2, -0.15) is 0 Å². The molecule has 8 heteroatoms. The third-order valence-electron chi connectivity index (χ3n) is 3.82. The summed E-state index contributed by atoms with van der Waals surface area (Å²) in [4.78, 5) is 37.3. The van der Waals surface area contributed by atoms with Crippen LogP contribution in [-0.4, -0.2) is 33.9 Å². The van der Waals surface area contributed by atoms with E-state index in [4.69, 9.17) is 4.74 Å². The van der Waals surface area contributed by atoms with Crippen molar-refractivity contribution >= 4 is 23.5 Å². The Hall–Kier alpha value is -3.81. The monoisotopic (exact) mass is 377 g/mol. The van der Waals surface area contributed by atoms with Crippen LogP contribution in [0.25, 0.3) is 0 Å². The first-order chi connectivity index (χ1) is 13.6. The van der Waals surface area contributed by atoms with Crippen LogP contribution in [0.4, 0.5) is 11.6 Å². The van der Waals surface area contributed by atoms with Gasteiger partial charge in [-0.1, -0.05) is 18.2 Å². The second-order valence-corrected chi connectivity index (χ2v) is 5.88. The molecule has 1 amide bonds. The molecular formula is C20H19N5O3. The molecule has 2 heterocycles. The molecule has 0 saturated heterocycles. The zero-order valence-corrected chi connectivity index (χ0v) is 15.5. The van der Waals surface area contributed by atoms with E-state index in [0.717, 1.165) is 5.69 Å². The van der Waals surface area contributed by atoms with E-state index in [0.29, 0.717) is 23.9 Å². The number of carbonyl (C=O) groups excluding carboxylic acids is 2. The molecule has 8 nitrogen and oxygen atoms in total. The van der Waals surface area contributed by atoms with E-state index in [1.807, 2.05) is 18.2 Å². The second kappa shape index (κ2) is 8.72. The number of amides is 1. The molecule has 28 heavy (non-hydrogen) atoms. The minimum absolute atomic E-state index is 0.177. The molecular weight excluding hydrogens is 358 g/mol. The fourth-order valence-corrected chi connectivity index (χ4v) is 2.50. The normalized spacial score (nSPS) is 10.2. The van der Waals surface area contributed by atoms with Crippen molar-refractivity contribution < 1.29 is 14.3 Å². The number of aryl methyl sites for hydroxylation is 1. The van der Waals surface area contributed by atoms with Gasteiger partial charge < -0.3 is 15.4 Å². The highest BCUT2D eigenvalue weighted by Crippen LogP contribution is 2.17. The lowest BCUT2D eigenvalue weighted by atomic mass is 10.1. The molecule has 0 aliphatic heterocycles. The van der Waals surface area contributed by atoms with Crippen LogP contribution in [0, 0.1) is 6.92 Å². The van der Waals surface area contributed by atoms with Gasteiger partial charge in [-0.15, -0.1) is 0 Å². The molecule has 0 fully saturated rings. The van der Waals surface area contributed by atoms with Crippen LogP contribution in [0.2, 0.25) is 0 Å². The van der Waals surface area contributed by atoms with Gasteiger partial charge in [-0.05, 0) is 37.3 Å². The van der Waals surface area contributed by atoms with Gasteiger partial charge >= 0.3 is 5.97 Å². The number of para-hydroxylation sites is 1. The van der Waals surface area contributed by atoms with Gasteiger partial charge in [0.1, 0.15) is 5.69 Å². The third kappa shape index (κ3) is 4.67. The van der Waals surface area contributed by atoms with Crippen molar-refractivity contribution in [2.75, 3.05) is 17.7 Å². The van der Waals surface area contributed by atoms with Crippen LogP contribution in [0.1, 0.15) is 32.2 Å². The fourth-order valence-electron chi connectivity index (χ4n) is 2.50. The molecule has 0 spiro atoms. The van der Waals surface area contributed by atoms with Crippen LogP contribution < -0.4 is 10.6 Å². The fraction of sp³-hybridized carbons (Fsp3) is 0.150. The smallest absolute Gasteiger partial charge is 0.339 e. The minimum atomic E-state index is -0.535. The van der Waals surface area contributed by atoms with Crippen molar-refractivity contribution in [3.8, 4) is 0 Å². The van der Waals surface area contributed by atoms with Crippen molar-refractivity contribution in [2.45, 2.75) is 13.5 Å². The standard InChI is InChI=1S/C20H19N5O3/c1-13-11-17(25-20(23-13)22-12-14-7-5-6-10-21-14)18(26)24-16-9-4-3-8-15(16)19(27)28-2/h3-11H,12H2,1-2H3,(H,24,26)(H,22,23,25). The van der Waals surface area contributed by atoms with Crippen molar-refractivity contribution in [2.24, 2.45) is 0 Å². The lowest BCUT2D eigenvalue weighted by Crippen LogP contribution is -2.18. The number of benzene rings is 1. The SMILES string of the molecule is COC(=O)c1ccccc1NC(=O)c1cc(C)nc(NCc2ccccn2)n1. The molecule has 0 radical (unpaired) electrons. The Morgan fingerprint density at radius 2 is 1.86 bits per heavy atom. The van der Waals surface area contributed by atoms with Gasteiger partial charge in [0, 0.05) is 11.9 Å². The second-order valence-electron chi connectivity index (χ2n) is 5.88. The highest BCUT2D eigenvalue weighted by molar-refractivity contribution is 6.07. The van der Waals surface area contributed by atoms with Crippen molar-refractivity contribution in [1.29, 1.82) is 0 Å². The maximum absolute atomic E-state index is 12.7. The number of rotatable bonds is 6. The van der Waals surface area contributed by atoms with Gasteiger partial charge in [-0.3, -0.25) is 9.78 Å². The van der Waals surface area contributed by atoms with Crippen LogP contribution in [0.5, 0.6) is 0 Å². The summed E-state index contributed by atoms with van der Waals surface area (Å²) in [6, 6.07) is 13.8. The van der Waals surface area contributed by atoms with Crippen molar-refractivity contribution in [3.05, 3.63) is 77.4 Å². The van der Waals surface area contributed by atoms with Crippen LogP contribution in [0.3, 0.4) is 0 Å². The number of hydrogen-bond donors (Lipinski definition) is 2. The summed E-state index contributed by atoms with van der Waals surface area (Å²) in [5, 5.41) is 5.76. The van der Waals surface area contributed by atoms with E-state index < -0.39 is 11.9 Å². The Labute approximate surface area is 162 Å². The highest BCUT2D eigenvalue weighted by Gasteiger charge is 2.16. The predicted octanol–water partition coefficient (Wildman–Crippen LogP) is 2.83. The largest absolute Gasteiger partial charge is 0.465 e. The summed E-state index contributed by atoms with van der Waals surface area (Å²) >= 11 is 0. The molecule has 0 aliphatic rings. The molecule has 0 aliphatic carbocycles. The summed E-state index contributed by atoms with van der Waals surface area (Å²) in [6.07, 6.45) is 1.70. The van der Waals surface area contributed by atoms with Gasteiger partial charge in [0.05, 0.1) is 30.6 Å². The molecule has 0 saturated carbocycles. The Balaban J connectivity index is 1.77. The minimum Gasteiger partial charge on any atom is -0.465 e. The van der Waals surface area contributed by atoms with E-state index >= 15 is 0 Å². The van der Waals surface area contributed by atoms with Crippen molar-refractivity contribution in [1.82, 2.24) is 15.0 Å². The van der Waals surface area contributed by atoms with Gasteiger partial charge in [0.2, 0.25) is 5.95 Å². The number of esters is 1. The third-order valence-corrected chi connectivity index (χ3v) is 3.82. The maximum Gasteiger partial charge on any atom is 0.339 e. The van der Waals surface area contributed by atoms with Crippen LogP contribution in [-0.2, 0) is 11.3 Å². The van der Waals surface area contributed by atoms with Crippen molar-refractivity contribution in [3.63, 3.8) is 0 Å². The first-order valence-corrected chi connectivity index (χ1v) is 8.55. The summed E-state index contributed by atoms with van der Waals surface area (Å²) in [5.74, 6) is -0.674. The molecule has 3 aromatic rings. The molecule has 142 valence electrons. The van der Waals surface area contributed by atoms with Gasteiger partial charge in [0.25, 0.3) is 5.91 Å². The predicted molar refractivity (Wildman–Crippen MR) is 104 cm³/mol. The van der Waals surface area contributed by atoms with E-state index in [2.05, 4.69) is 25.6 Å². The number of methoxy groups -OCH3 is 1. The average molecular weight is 377 g/mol. The highest BCUT2D eigenvalue weighted by atomic mass is 16.5. The number of nitrogens with zero attached hydrogens (tertiary/aromatic N) is 3. The van der Waals surface area contributed by atoms with Crippen LogP contribution in [0.15, 0.2) is 54.7 Å². The molecule has 2 N–H and O–H groups in total. The summed E-state index contributed by atoms with van der Waals surface area (Å²) in [6.45, 7) is 2.20. The van der Waals surface area contributed by atoms with E-state index in [1.165, 1.54) is 7.11 Å². The summed E-state index contributed by atoms with van der Waals surface area (Å²) < 4.78 is 4.74. The molecule has 0 atom stereocenters. The molecule has 0 bridgehead atoms. The number of anilines is 2. The molecule has 0 unspecified atom stereocenters. The number of pyridine rings is 1. The summed E-state index contributed by atoms with van der Waals surface area (Å²) in [7, 11) is 1.29. The lowest BCUT2D eigenvalue weighted by molar-refractivity contribution is 0.0602. The number of ether oxygens (including phenoxy) is 1. The Morgan fingerprint density at radius 3 is 2.61 bits per heavy atom. The van der Waals surface area contributed by atoms with Crippen LogP contribution >= 0.6 is 0 Å². The Bertz CT molecular complexity index is 992. The first-order valence-electron chi connectivity index (χ1n) is 8.55. The Kier molecular flexibility index (Phi) is 5.91. The average Bonchev–Trinajstić information content (AvgIpc) is 2.72. The van der Waals surface area contributed by atoms with E-state index in [9.17, 15) is 9.59 Å². The number of aromatic nitrogens is 3. The number of carbonyl (C=O) groups is 2. The van der Waals surface area contributed by atoms with E-state index in [1.54, 1.807) is 43.5 Å². The summed E-state index contributed by atoms with van der Waals surface area (Å²) in [5.41, 5.74) is 2.24. The van der Waals surface area contributed by atoms with Gasteiger partial charge in [-0.25, -0.2) is 14.8 Å².